The fourth-order valence-electron chi connectivity index (χ4n) is 2.85. The van der Waals surface area contributed by atoms with E-state index in [0.29, 0.717) is 6.04 Å². The maximum absolute atomic E-state index is 4.46. The van der Waals surface area contributed by atoms with E-state index in [0.717, 1.165) is 11.4 Å². The van der Waals surface area contributed by atoms with E-state index < -0.39 is 0 Å². The van der Waals surface area contributed by atoms with Crippen molar-refractivity contribution in [3.63, 3.8) is 0 Å². The number of aryl methyl sites for hydroxylation is 2. The van der Waals surface area contributed by atoms with Crippen LogP contribution in [0.15, 0.2) is 12.1 Å². The van der Waals surface area contributed by atoms with Gasteiger partial charge in [0.25, 0.3) is 0 Å². The Bertz CT molecular complexity index is 353. The molecule has 1 unspecified atom stereocenters. The zero-order chi connectivity index (χ0) is 14.8. The molecule has 0 spiro atoms. The molecule has 0 aliphatic heterocycles. The van der Waals surface area contributed by atoms with Crippen molar-refractivity contribution in [3.8, 4) is 0 Å². The molecule has 0 aliphatic carbocycles. The first-order valence-corrected chi connectivity index (χ1v) is 8.29. The van der Waals surface area contributed by atoms with Gasteiger partial charge in [0.05, 0.1) is 0 Å². The average Bonchev–Trinajstić information content (AvgIpc) is 2.41. The number of nitrogens with one attached hydrogen (secondary N) is 1. The predicted octanol–water partition coefficient (Wildman–Crippen LogP) is 5.10. The zero-order valence-corrected chi connectivity index (χ0v) is 13.8. The first-order valence-electron chi connectivity index (χ1n) is 8.29. The van der Waals surface area contributed by atoms with Crippen LogP contribution < -0.4 is 5.32 Å². The van der Waals surface area contributed by atoms with Crippen LogP contribution >= 0.6 is 0 Å². The number of aromatic nitrogens is 1. The minimum atomic E-state index is 0.478. The van der Waals surface area contributed by atoms with Crippen molar-refractivity contribution in [3.05, 3.63) is 29.1 Å². The molecule has 2 heteroatoms. The molecule has 0 aliphatic rings. The molecule has 1 N–H and O–H groups in total. The van der Waals surface area contributed by atoms with Crippen LogP contribution in [0, 0.1) is 13.8 Å². The Morgan fingerprint density at radius 2 is 1.50 bits per heavy atom. The van der Waals surface area contributed by atoms with Crippen molar-refractivity contribution in [2.45, 2.75) is 78.2 Å². The van der Waals surface area contributed by atoms with Gasteiger partial charge in [-0.3, -0.25) is 4.98 Å². The van der Waals surface area contributed by atoms with E-state index in [2.05, 4.69) is 50.3 Å². The van der Waals surface area contributed by atoms with E-state index in [1.165, 1.54) is 56.9 Å². The van der Waals surface area contributed by atoms with Gasteiger partial charge < -0.3 is 5.32 Å². The zero-order valence-electron chi connectivity index (χ0n) is 13.8. The molecular weight excluding hydrogens is 244 g/mol. The normalized spacial score (nSPS) is 12.6. The molecule has 1 aromatic heterocycles. The SMILES string of the molecule is CCCCCCCCCC(NC)c1cc(C)nc(C)c1. The summed E-state index contributed by atoms with van der Waals surface area (Å²) in [5.41, 5.74) is 3.64. The van der Waals surface area contributed by atoms with Crippen LogP contribution in [0.4, 0.5) is 0 Å². The van der Waals surface area contributed by atoms with E-state index in [1.807, 2.05) is 0 Å². The third-order valence-electron chi connectivity index (χ3n) is 3.95. The molecule has 1 aromatic rings. The molecule has 0 amide bonds. The van der Waals surface area contributed by atoms with Crippen molar-refractivity contribution in [2.75, 3.05) is 7.05 Å². The summed E-state index contributed by atoms with van der Waals surface area (Å²) in [5, 5.41) is 3.46. The molecule has 1 heterocycles. The Kier molecular flexibility index (Phi) is 8.52. The van der Waals surface area contributed by atoms with Gasteiger partial charge in [-0.1, -0.05) is 51.9 Å². The number of rotatable bonds is 10. The van der Waals surface area contributed by atoms with Gasteiger partial charge in [0, 0.05) is 17.4 Å². The molecule has 0 fully saturated rings. The first-order chi connectivity index (χ1) is 9.67. The summed E-state index contributed by atoms with van der Waals surface area (Å²) in [6.07, 6.45) is 10.9. The van der Waals surface area contributed by atoms with Crippen LogP contribution in [-0.4, -0.2) is 12.0 Å². The van der Waals surface area contributed by atoms with Crippen LogP contribution in [-0.2, 0) is 0 Å². The van der Waals surface area contributed by atoms with Crippen LogP contribution in [0.2, 0.25) is 0 Å². The number of pyridine rings is 1. The minimum absolute atomic E-state index is 0.478. The maximum atomic E-state index is 4.46. The van der Waals surface area contributed by atoms with Crippen molar-refractivity contribution < 1.29 is 0 Å². The Morgan fingerprint density at radius 3 is 2.05 bits per heavy atom. The summed E-state index contributed by atoms with van der Waals surface area (Å²) < 4.78 is 0. The lowest BCUT2D eigenvalue weighted by Gasteiger charge is -2.17. The smallest absolute Gasteiger partial charge is 0.0379 e. The minimum Gasteiger partial charge on any atom is -0.313 e. The molecule has 0 radical (unpaired) electrons. The largest absolute Gasteiger partial charge is 0.313 e. The Balaban J connectivity index is 2.32. The van der Waals surface area contributed by atoms with E-state index in [9.17, 15) is 0 Å². The molecular formula is C18H32N2. The van der Waals surface area contributed by atoms with Gasteiger partial charge in [-0.05, 0) is 45.0 Å². The Labute approximate surface area is 125 Å². The second-order valence-electron chi connectivity index (χ2n) is 5.93. The van der Waals surface area contributed by atoms with Gasteiger partial charge in [-0.2, -0.15) is 0 Å². The molecule has 0 saturated carbocycles. The van der Waals surface area contributed by atoms with Crippen LogP contribution in [0.3, 0.4) is 0 Å². The fraction of sp³-hybridized carbons (Fsp3) is 0.722. The number of hydrogen-bond donors (Lipinski definition) is 1. The van der Waals surface area contributed by atoms with Gasteiger partial charge in [-0.25, -0.2) is 0 Å². The van der Waals surface area contributed by atoms with Crippen molar-refractivity contribution in [2.24, 2.45) is 0 Å². The third kappa shape index (κ3) is 6.51. The molecule has 2 nitrogen and oxygen atoms in total. The third-order valence-corrected chi connectivity index (χ3v) is 3.95. The Hall–Kier alpha value is -0.890. The first kappa shape index (κ1) is 17.2. The summed E-state index contributed by atoms with van der Waals surface area (Å²) in [4.78, 5) is 4.46. The monoisotopic (exact) mass is 276 g/mol. The highest BCUT2D eigenvalue weighted by Gasteiger charge is 2.10. The summed E-state index contributed by atoms with van der Waals surface area (Å²) >= 11 is 0. The topological polar surface area (TPSA) is 24.9 Å². The van der Waals surface area contributed by atoms with Crippen molar-refractivity contribution >= 4 is 0 Å². The number of unbranched alkanes of at least 4 members (excludes halogenated alkanes) is 6. The predicted molar refractivity (Wildman–Crippen MR) is 88.1 cm³/mol. The Morgan fingerprint density at radius 1 is 0.950 bits per heavy atom. The number of hydrogen-bond acceptors (Lipinski definition) is 2. The summed E-state index contributed by atoms with van der Waals surface area (Å²) in [6, 6.07) is 4.91. The van der Waals surface area contributed by atoms with Crippen LogP contribution in [0.1, 0.15) is 81.3 Å². The summed E-state index contributed by atoms with van der Waals surface area (Å²) in [7, 11) is 2.07. The lowest BCUT2D eigenvalue weighted by atomic mass is 9.99. The van der Waals surface area contributed by atoms with Gasteiger partial charge in [0.15, 0.2) is 0 Å². The highest BCUT2D eigenvalue weighted by atomic mass is 14.9. The lowest BCUT2D eigenvalue weighted by Crippen LogP contribution is -2.16. The molecule has 1 rings (SSSR count). The van der Waals surface area contributed by atoms with Crippen LogP contribution in [0.5, 0.6) is 0 Å². The van der Waals surface area contributed by atoms with Crippen molar-refractivity contribution in [1.82, 2.24) is 10.3 Å². The standard InChI is InChI=1S/C18H32N2/c1-5-6-7-8-9-10-11-12-18(19-4)17-13-15(2)20-16(3)14-17/h13-14,18-19H,5-12H2,1-4H3. The molecule has 0 aromatic carbocycles. The highest BCUT2D eigenvalue weighted by molar-refractivity contribution is 5.23. The summed E-state index contributed by atoms with van der Waals surface area (Å²) in [5.74, 6) is 0. The van der Waals surface area contributed by atoms with Gasteiger partial charge >= 0.3 is 0 Å². The van der Waals surface area contributed by atoms with E-state index in [1.54, 1.807) is 0 Å². The quantitative estimate of drug-likeness (QED) is 0.601. The molecule has 114 valence electrons. The van der Waals surface area contributed by atoms with Crippen molar-refractivity contribution in [1.29, 1.82) is 0 Å². The van der Waals surface area contributed by atoms with E-state index >= 15 is 0 Å². The summed E-state index contributed by atoms with van der Waals surface area (Å²) in [6.45, 7) is 6.43. The second kappa shape index (κ2) is 9.93. The second-order valence-corrected chi connectivity index (χ2v) is 5.93. The fourth-order valence-corrected chi connectivity index (χ4v) is 2.85. The molecule has 0 bridgehead atoms. The van der Waals surface area contributed by atoms with E-state index in [4.69, 9.17) is 0 Å². The number of nitrogens with zero attached hydrogens (tertiary/aromatic N) is 1. The highest BCUT2D eigenvalue weighted by Crippen LogP contribution is 2.21. The van der Waals surface area contributed by atoms with Gasteiger partial charge in [0.1, 0.15) is 0 Å². The molecule has 0 saturated heterocycles. The maximum Gasteiger partial charge on any atom is 0.0379 e. The van der Waals surface area contributed by atoms with Gasteiger partial charge in [0.2, 0.25) is 0 Å². The lowest BCUT2D eigenvalue weighted by molar-refractivity contribution is 0.495. The molecule has 20 heavy (non-hydrogen) atoms. The molecule has 1 atom stereocenters. The van der Waals surface area contributed by atoms with Gasteiger partial charge in [-0.15, -0.1) is 0 Å². The average molecular weight is 276 g/mol. The van der Waals surface area contributed by atoms with E-state index in [-0.39, 0.29) is 0 Å². The van der Waals surface area contributed by atoms with Crippen LogP contribution in [0.25, 0.3) is 0 Å².